The molecule has 1 aromatic heterocycles. The highest BCUT2D eigenvalue weighted by molar-refractivity contribution is 5.19. The molecular formula is C9H16N4O. The van der Waals surface area contributed by atoms with Gasteiger partial charge in [-0.2, -0.15) is 0 Å². The van der Waals surface area contributed by atoms with Crippen molar-refractivity contribution in [1.82, 2.24) is 15.0 Å². The van der Waals surface area contributed by atoms with Gasteiger partial charge in [0, 0.05) is 13.2 Å². The van der Waals surface area contributed by atoms with E-state index in [0.29, 0.717) is 11.9 Å². The van der Waals surface area contributed by atoms with Crippen molar-refractivity contribution < 1.29 is 4.74 Å². The smallest absolute Gasteiger partial charge is 0.165 e. The van der Waals surface area contributed by atoms with E-state index in [9.17, 15) is 0 Å². The van der Waals surface area contributed by atoms with Crippen LogP contribution in [-0.2, 0) is 11.3 Å². The Kier molecular flexibility index (Phi) is 2.98. The van der Waals surface area contributed by atoms with Crippen molar-refractivity contribution in [3.05, 3.63) is 6.20 Å². The van der Waals surface area contributed by atoms with E-state index in [1.165, 1.54) is 19.3 Å². The molecule has 0 spiro atoms. The lowest BCUT2D eigenvalue weighted by Gasteiger charge is -2.22. The van der Waals surface area contributed by atoms with Crippen molar-refractivity contribution in [1.29, 1.82) is 0 Å². The van der Waals surface area contributed by atoms with E-state index in [2.05, 4.69) is 10.3 Å². The number of nitrogen functional groups attached to an aromatic ring is 1. The van der Waals surface area contributed by atoms with Crippen LogP contribution in [0.4, 0.5) is 5.82 Å². The Hall–Kier alpha value is -1.10. The summed E-state index contributed by atoms with van der Waals surface area (Å²) >= 11 is 0. The zero-order valence-corrected chi connectivity index (χ0v) is 8.22. The summed E-state index contributed by atoms with van der Waals surface area (Å²) in [6, 6.07) is 0. The van der Waals surface area contributed by atoms with E-state index >= 15 is 0 Å². The van der Waals surface area contributed by atoms with E-state index in [0.717, 1.165) is 19.6 Å². The monoisotopic (exact) mass is 196 g/mol. The molecule has 78 valence electrons. The van der Waals surface area contributed by atoms with Crippen molar-refractivity contribution in [3.8, 4) is 0 Å². The van der Waals surface area contributed by atoms with Gasteiger partial charge in [-0.25, -0.2) is 0 Å². The summed E-state index contributed by atoms with van der Waals surface area (Å²) in [7, 11) is 0. The molecule has 0 saturated carbocycles. The molecule has 0 aromatic carbocycles. The lowest BCUT2D eigenvalue weighted by Crippen LogP contribution is -2.20. The third-order valence-corrected chi connectivity index (χ3v) is 2.51. The summed E-state index contributed by atoms with van der Waals surface area (Å²) in [5.41, 5.74) is 5.46. The number of rotatable bonds is 3. The molecule has 5 heteroatoms. The molecule has 5 nitrogen and oxygen atoms in total. The van der Waals surface area contributed by atoms with Crippen LogP contribution in [0, 0.1) is 0 Å². The second kappa shape index (κ2) is 4.41. The van der Waals surface area contributed by atoms with Gasteiger partial charge in [0.2, 0.25) is 0 Å². The van der Waals surface area contributed by atoms with E-state index in [1.54, 1.807) is 10.9 Å². The van der Waals surface area contributed by atoms with Crippen LogP contribution in [0.15, 0.2) is 6.20 Å². The van der Waals surface area contributed by atoms with Crippen LogP contribution < -0.4 is 5.73 Å². The third-order valence-electron chi connectivity index (χ3n) is 2.51. The first-order valence-electron chi connectivity index (χ1n) is 5.12. The van der Waals surface area contributed by atoms with Gasteiger partial charge >= 0.3 is 0 Å². The van der Waals surface area contributed by atoms with Crippen LogP contribution in [0.25, 0.3) is 0 Å². The molecule has 1 atom stereocenters. The summed E-state index contributed by atoms with van der Waals surface area (Å²) in [6.07, 6.45) is 6.81. The Labute approximate surface area is 83.2 Å². The molecule has 1 aliphatic rings. The first-order chi connectivity index (χ1) is 6.84. The zero-order chi connectivity index (χ0) is 9.80. The number of aromatic nitrogens is 3. The summed E-state index contributed by atoms with van der Waals surface area (Å²) in [5.74, 6) is 0.481. The maximum atomic E-state index is 5.61. The largest absolute Gasteiger partial charge is 0.381 e. The quantitative estimate of drug-likeness (QED) is 0.777. The number of ether oxygens (including phenoxy) is 1. The fraction of sp³-hybridized carbons (Fsp3) is 0.778. The molecule has 2 heterocycles. The maximum Gasteiger partial charge on any atom is 0.165 e. The molecule has 14 heavy (non-hydrogen) atoms. The highest BCUT2D eigenvalue weighted by Crippen LogP contribution is 2.15. The van der Waals surface area contributed by atoms with E-state index in [-0.39, 0.29) is 0 Å². The van der Waals surface area contributed by atoms with Gasteiger partial charge in [-0.05, 0) is 25.7 Å². The van der Waals surface area contributed by atoms with Gasteiger partial charge in [0.15, 0.2) is 5.82 Å². The van der Waals surface area contributed by atoms with Gasteiger partial charge in [-0.1, -0.05) is 5.21 Å². The molecule has 0 amide bonds. The van der Waals surface area contributed by atoms with Gasteiger partial charge in [0.25, 0.3) is 0 Å². The second-order valence-electron chi connectivity index (χ2n) is 3.68. The molecule has 1 saturated heterocycles. The number of hydrogen-bond donors (Lipinski definition) is 1. The van der Waals surface area contributed by atoms with Crippen LogP contribution in [0.3, 0.4) is 0 Å². The predicted octanol–water partition coefficient (Wildman–Crippen LogP) is 0.819. The molecule has 1 aliphatic heterocycles. The molecule has 2 N–H and O–H groups in total. The van der Waals surface area contributed by atoms with Crippen molar-refractivity contribution in [3.63, 3.8) is 0 Å². The molecule has 0 aliphatic carbocycles. The number of nitrogens with two attached hydrogens (primary N) is 1. The van der Waals surface area contributed by atoms with E-state index in [1.807, 2.05) is 0 Å². The normalized spacial score (nSPS) is 22.4. The highest BCUT2D eigenvalue weighted by atomic mass is 16.5. The Morgan fingerprint density at radius 3 is 3.14 bits per heavy atom. The molecule has 1 aromatic rings. The average molecular weight is 196 g/mol. The van der Waals surface area contributed by atoms with Crippen LogP contribution in [0.1, 0.15) is 25.7 Å². The zero-order valence-electron chi connectivity index (χ0n) is 8.22. The van der Waals surface area contributed by atoms with Crippen molar-refractivity contribution in [2.45, 2.75) is 38.3 Å². The van der Waals surface area contributed by atoms with Gasteiger partial charge in [-0.15, -0.1) is 5.10 Å². The van der Waals surface area contributed by atoms with Gasteiger partial charge in [-0.3, -0.25) is 4.68 Å². The molecule has 2 rings (SSSR count). The molecule has 0 radical (unpaired) electrons. The van der Waals surface area contributed by atoms with Crippen LogP contribution in [0.2, 0.25) is 0 Å². The predicted molar refractivity (Wildman–Crippen MR) is 52.6 cm³/mol. The Morgan fingerprint density at radius 1 is 1.57 bits per heavy atom. The minimum atomic E-state index is 0.397. The average Bonchev–Trinajstić information content (AvgIpc) is 2.63. The van der Waals surface area contributed by atoms with Crippen molar-refractivity contribution >= 4 is 5.82 Å². The van der Waals surface area contributed by atoms with E-state index < -0.39 is 0 Å². The Morgan fingerprint density at radius 2 is 2.50 bits per heavy atom. The minimum absolute atomic E-state index is 0.397. The van der Waals surface area contributed by atoms with Gasteiger partial charge in [0.05, 0.1) is 12.3 Å². The summed E-state index contributed by atoms with van der Waals surface area (Å²) in [6.45, 7) is 1.75. The van der Waals surface area contributed by atoms with Crippen molar-refractivity contribution in [2.24, 2.45) is 0 Å². The second-order valence-corrected chi connectivity index (χ2v) is 3.68. The Balaban J connectivity index is 1.76. The van der Waals surface area contributed by atoms with Crippen LogP contribution >= 0.6 is 0 Å². The lowest BCUT2D eigenvalue weighted by atomic mass is 10.1. The summed E-state index contributed by atoms with van der Waals surface area (Å²) in [5, 5.41) is 7.62. The number of anilines is 1. The SMILES string of the molecule is Nc1cn(CCC2CCCCO2)nn1. The molecule has 0 bridgehead atoms. The van der Waals surface area contributed by atoms with E-state index in [4.69, 9.17) is 10.5 Å². The fourth-order valence-corrected chi connectivity index (χ4v) is 1.73. The number of aryl methyl sites for hydroxylation is 1. The van der Waals surface area contributed by atoms with Gasteiger partial charge < -0.3 is 10.5 Å². The third kappa shape index (κ3) is 2.45. The molecule has 1 unspecified atom stereocenters. The van der Waals surface area contributed by atoms with Crippen LogP contribution in [-0.4, -0.2) is 27.7 Å². The topological polar surface area (TPSA) is 66.0 Å². The van der Waals surface area contributed by atoms with Crippen LogP contribution in [0.5, 0.6) is 0 Å². The summed E-state index contributed by atoms with van der Waals surface area (Å²) in [4.78, 5) is 0. The minimum Gasteiger partial charge on any atom is -0.381 e. The standard InChI is InChI=1S/C9H16N4O/c10-9-7-13(12-11-9)5-4-8-3-1-2-6-14-8/h7-8H,1-6,10H2. The number of nitrogens with zero attached hydrogens (tertiary/aromatic N) is 3. The molecular weight excluding hydrogens is 180 g/mol. The van der Waals surface area contributed by atoms with Gasteiger partial charge in [0.1, 0.15) is 0 Å². The molecule has 1 fully saturated rings. The number of hydrogen-bond acceptors (Lipinski definition) is 4. The first-order valence-corrected chi connectivity index (χ1v) is 5.12. The fourth-order valence-electron chi connectivity index (χ4n) is 1.73. The Bertz CT molecular complexity index is 280. The maximum absolute atomic E-state index is 5.61. The first kappa shape index (κ1) is 9.45. The highest BCUT2D eigenvalue weighted by Gasteiger charge is 2.13. The summed E-state index contributed by atoms with van der Waals surface area (Å²) < 4.78 is 7.38. The lowest BCUT2D eigenvalue weighted by molar-refractivity contribution is 0.00820. The van der Waals surface area contributed by atoms with Crippen molar-refractivity contribution in [2.75, 3.05) is 12.3 Å².